The Kier molecular flexibility index (Phi) is 7.75. The van der Waals surface area contributed by atoms with E-state index in [2.05, 4.69) is 20.7 Å². The number of halogens is 2. The molecule has 3 aromatic rings. The summed E-state index contributed by atoms with van der Waals surface area (Å²) in [6.07, 6.45) is 0.347. The lowest BCUT2D eigenvalue weighted by molar-refractivity contribution is -0.117. The number of carbonyl (C=O) groups is 2. The lowest BCUT2D eigenvalue weighted by Crippen LogP contribution is -2.43. The zero-order valence-electron chi connectivity index (χ0n) is 17.3. The van der Waals surface area contributed by atoms with Crippen LogP contribution in [0.4, 0.5) is 25.0 Å². The first-order valence-corrected chi connectivity index (χ1v) is 9.96. The number of rotatable bonds is 8. The molecule has 0 aliphatic heterocycles. The van der Waals surface area contributed by atoms with Gasteiger partial charge in [0.2, 0.25) is 5.91 Å². The third-order valence-electron chi connectivity index (χ3n) is 4.55. The second-order valence-electron chi connectivity index (χ2n) is 7.04. The SMILES string of the molecule is C[C@@H](NC(=O)Nc1ccccc1)C(=O)Nc1ccc(OC(F)F)c(Cc2ccccc2)c1. The second kappa shape index (κ2) is 10.9. The summed E-state index contributed by atoms with van der Waals surface area (Å²) in [6, 6.07) is 21.2. The molecule has 0 aromatic heterocycles. The normalized spacial score (nSPS) is 11.5. The molecule has 0 radical (unpaired) electrons. The van der Waals surface area contributed by atoms with Crippen LogP contribution in [0.5, 0.6) is 5.75 Å². The standard InChI is InChI=1S/C24H23F2N3O3/c1-16(27-24(31)29-19-10-6-3-7-11-19)22(30)28-20-12-13-21(32-23(25)26)18(15-20)14-17-8-4-2-5-9-17/h2-13,15-16,23H,14H2,1H3,(H,28,30)(H2,27,29,31)/t16-/m1/s1. The second-order valence-corrected chi connectivity index (χ2v) is 7.04. The molecule has 3 aromatic carbocycles. The predicted molar refractivity (Wildman–Crippen MR) is 119 cm³/mol. The van der Waals surface area contributed by atoms with Gasteiger partial charge in [-0.05, 0) is 42.8 Å². The van der Waals surface area contributed by atoms with E-state index in [1.54, 1.807) is 37.3 Å². The van der Waals surface area contributed by atoms with Gasteiger partial charge in [-0.2, -0.15) is 8.78 Å². The molecule has 0 bridgehead atoms. The van der Waals surface area contributed by atoms with Crippen molar-refractivity contribution in [1.82, 2.24) is 5.32 Å². The molecular formula is C24H23F2N3O3. The summed E-state index contributed by atoms with van der Waals surface area (Å²) in [4.78, 5) is 24.6. The van der Waals surface area contributed by atoms with Crippen molar-refractivity contribution in [2.24, 2.45) is 0 Å². The van der Waals surface area contributed by atoms with Crippen molar-refractivity contribution in [3.63, 3.8) is 0 Å². The monoisotopic (exact) mass is 439 g/mol. The van der Waals surface area contributed by atoms with Crippen LogP contribution in [0, 0.1) is 0 Å². The number of nitrogens with one attached hydrogen (secondary N) is 3. The number of alkyl halides is 2. The van der Waals surface area contributed by atoms with Gasteiger partial charge in [0.15, 0.2) is 0 Å². The number of carbonyl (C=O) groups excluding carboxylic acids is 2. The lowest BCUT2D eigenvalue weighted by atomic mass is 10.0. The van der Waals surface area contributed by atoms with Crippen LogP contribution in [0.2, 0.25) is 0 Å². The van der Waals surface area contributed by atoms with Crippen LogP contribution < -0.4 is 20.7 Å². The van der Waals surface area contributed by atoms with Crippen LogP contribution in [0.25, 0.3) is 0 Å². The summed E-state index contributed by atoms with van der Waals surface area (Å²) in [5.41, 5.74) is 2.40. The maximum Gasteiger partial charge on any atom is 0.387 e. The molecule has 6 nitrogen and oxygen atoms in total. The Bertz CT molecular complexity index is 1050. The zero-order valence-corrected chi connectivity index (χ0v) is 17.3. The maximum atomic E-state index is 12.8. The number of ether oxygens (including phenoxy) is 1. The van der Waals surface area contributed by atoms with Gasteiger partial charge in [-0.15, -0.1) is 0 Å². The Labute approximate surface area is 184 Å². The molecule has 8 heteroatoms. The minimum absolute atomic E-state index is 0.0373. The molecule has 0 unspecified atom stereocenters. The topological polar surface area (TPSA) is 79.5 Å². The number of hydrogen-bond acceptors (Lipinski definition) is 3. The van der Waals surface area contributed by atoms with Crippen LogP contribution in [0.15, 0.2) is 78.9 Å². The summed E-state index contributed by atoms with van der Waals surface area (Å²) in [6.45, 7) is -1.42. The van der Waals surface area contributed by atoms with Crippen molar-refractivity contribution >= 4 is 23.3 Å². The predicted octanol–water partition coefficient (Wildman–Crippen LogP) is 5.03. The van der Waals surface area contributed by atoms with Crippen LogP contribution in [-0.4, -0.2) is 24.6 Å². The average Bonchev–Trinajstić information content (AvgIpc) is 2.76. The third-order valence-corrected chi connectivity index (χ3v) is 4.55. The van der Waals surface area contributed by atoms with Crippen molar-refractivity contribution in [2.75, 3.05) is 10.6 Å². The van der Waals surface area contributed by atoms with Gasteiger partial charge in [-0.1, -0.05) is 48.5 Å². The molecule has 0 saturated heterocycles. The molecule has 3 amide bonds. The van der Waals surface area contributed by atoms with Gasteiger partial charge in [0.05, 0.1) is 0 Å². The Morgan fingerprint density at radius 3 is 2.19 bits per heavy atom. The largest absolute Gasteiger partial charge is 0.435 e. The Morgan fingerprint density at radius 2 is 1.53 bits per heavy atom. The van der Waals surface area contributed by atoms with Crippen molar-refractivity contribution in [1.29, 1.82) is 0 Å². The number of para-hydroxylation sites is 1. The summed E-state index contributed by atoms with van der Waals surface area (Å²) < 4.78 is 30.2. The molecular weight excluding hydrogens is 416 g/mol. The number of urea groups is 1. The van der Waals surface area contributed by atoms with Gasteiger partial charge in [0.1, 0.15) is 11.8 Å². The molecule has 0 heterocycles. The molecule has 166 valence electrons. The van der Waals surface area contributed by atoms with Crippen molar-refractivity contribution in [3.8, 4) is 5.75 Å². The first-order valence-electron chi connectivity index (χ1n) is 9.96. The van der Waals surface area contributed by atoms with Gasteiger partial charge < -0.3 is 20.7 Å². The van der Waals surface area contributed by atoms with Crippen molar-refractivity contribution in [3.05, 3.63) is 90.0 Å². The number of hydrogen-bond donors (Lipinski definition) is 3. The van der Waals surface area contributed by atoms with Crippen molar-refractivity contribution < 1.29 is 23.1 Å². The van der Waals surface area contributed by atoms with Gasteiger partial charge >= 0.3 is 12.6 Å². The molecule has 3 N–H and O–H groups in total. The van der Waals surface area contributed by atoms with E-state index >= 15 is 0 Å². The highest BCUT2D eigenvalue weighted by molar-refractivity contribution is 5.99. The van der Waals surface area contributed by atoms with Crippen LogP contribution in [0.3, 0.4) is 0 Å². The van der Waals surface area contributed by atoms with E-state index in [9.17, 15) is 18.4 Å². The highest BCUT2D eigenvalue weighted by Crippen LogP contribution is 2.27. The summed E-state index contributed by atoms with van der Waals surface area (Å²) in [7, 11) is 0. The molecule has 32 heavy (non-hydrogen) atoms. The summed E-state index contributed by atoms with van der Waals surface area (Å²) >= 11 is 0. The molecule has 3 rings (SSSR count). The first kappa shape index (κ1) is 22.7. The Balaban J connectivity index is 1.66. The average molecular weight is 439 g/mol. The number of amides is 3. The third kappa shape index (κ3) is 6.80. The van der Waals surface area contributed by atoms with Gasteiger partial charge in [0.25, 0.3) is 0 Å². The lowest BCUT2D eigenvalue weighted by Gasteiger charge is -2.17. The minimum atomic E-state index is -2.96. The zero-order chi connectivity index (χ0) is 22.9. The van der Waals surface area contributed by atoms with Crippen LogP contribution in [-0.2, 0) is 11.2 Å². The first-order chi connectivity index (χ1) is 15.4. The molecule has 0 spiro atoms. The number of benzene rings is 3. The molecule has 0 aliphatic carbocycles. The highest BCUT2D eigenvalue weighted by Gasteiger charge is 2.17. The molecule has 0 fully saturated rings. The van der Waals surface area contributed by atoms with E-state index in [0.717, 1.165) is 5.56 Å². The van der Waals surface area contributed by atoms with E-state index in [4.69, 9.17) is 0 Å². The highest BCUT2D eigenvalue weighted by atomic mass is 19.3. The van der Waals surface area contributed by atoms with E-state index < -0.39 is 24.6 Å². The van der Waals surface area contributed by atoms with E-state index in [0.29, 0.717) is 23.4 Å². The van der Waals surface area contributed by atoms with E-state index in [1.165, 1.54) is 12.1 Å². The summed E-state index contributed by atoms with van der Waals surface area (Å²) in [5, 5.41) is 7.88. The maximum absolute atomic E-state index is 12.8. The number of anilines is 2. The fraction of sp³-hybridized carbons (Fsp3) is 0.167. The van der Waals surface area contributed by atoms with Crippen LogP contribution >= 0.6 is 0 Å². The van der Waals surface area contributed by atoms with Gasteiger partial charge in [-0.3, -0.25) is 4.79 Å². The molecule has 0 saturated carbocycles. The van der Waals surface area contributed by atoms with Crippen LogP contribution in [0.1, 0.15) is 18.1 Å². The van der Waals surface area contributed by atoms with E-state index in [-0.39, 0.29) is 5.75 Å². The minimum Gasteiger partial charge on any atom is -0.435 e. The summed E-state index contributed by atoms with van der Waals surface area (Å²) in [5.74, 6) is -0.420. The molecule has 0 aliphatic rings. The van der Waals surface area contributed by atoms with E-state index in [1.807, 2.05) is 36.4 Å². The smallest absolute Gasteiger partial charge is 0.387 e. The van der Waals surface area contributed by atoms with Gasteiger partial charge in [-0.25, -0.2) is 4.79 Å². The van der Waals surface area contributed by atoms with Gasteiger partial charge in [0, 0.05) is 23.4 Å². The fourth-order valence-electron chi connectivity index (χ4n) is 3.02. The molecule has 1 atom stereocenters. The Morgan fingerprint density at radius 1 is 0.875 bits per heavy atom. The van der Waals surface area contributed by atoms with Crippen molar-refractivity contribution in [2.45, 2.75) is 26.0 Å². The quantitative estimate of drug-likeness (QED) is 0.461. The Hall–Kier alpha value is -3.94. The fourth-order valence-corrected chi connectivity index (χ4v) is 3.02.